The molecule has 0 spiro atoms. The summed E-state index contributed by atoms with van der Waals surface area (Å²) in [5, 5.41) is 0. The molecule has 180 valence electrons. The van der Waals surface area contributed by atoms with Crippen LogP contribution in [0.1, 0.15) is 79.6 Å². The Morgan fingerprint density at radius 2 is 0.897 bits per heavy atom. The van der Waals surface area contributed by atoms with Gasteiger partial charge in [-0.05, 0) is 25.7 Å². The van der Waals surface area contributed by atoms with Crippen molar-refractivity contribution >= 4 is 6.41 Å². The highest BCUT2D eigenvalue weighted by atomic mass is 16.5. The predicted octanol–water partition coefficient (Wildman–Crippen LogP) is 3.92. The van der Waals surface area contributed by atoms with Gasteiger partial charge in [-0.2, -0.15) is 0 Å². The van der Waals surface area contributed by atoms with E-state index in [1.165, 1.54) is 25.7 Å². The van der Waals surface area contributed by atoms with Crippen LogP contribution in [-0.2, 0) is 23.7 Å². The van der Waals surface area contributed by atoms with Gasteiger partial charge in [-0.3, -0.25) is 4.79 Å². The molecule has 0 fully saturated rings. The summed E-state index contributed by atoms with van der Waals surface area (Å²) in [5.74, 6) is 0. The molecule has 0 rings (SSSR count). The highest BCUT2D eigenvalue weighted by Gasteiger charge is 1.94. The lowest BCUT2D eigenvalue weighted by Crippen LogP contribution is -2.12. The molecule has 0 heterocycles. The molecule has 1 amide bonds. The van der Waals surface area contributed by atoms with E-state index in [0.717, 1.165) is 45.7 Å². The van der Waals surface area contributed by atoms with Crippen molar-refractivity contribution in [2.24, 2.45) is 11.5 Å². The molecule has 0 aliphatic carbocycles. The first-order valence-corrected chi connectivity index (χ1v) is 11.5. The zero-order valence-electron chi connectivity index (χ0n) is 20.1. The molecule has 0 bridgehead atoms. The average Bonchev–Trinajstić information content (AvgIpc) is 2.76. The Labute approximate surface area is 181 Å². The van der Waals surface area contributed by atoms with Crippen LogP contribution in [0.25, 0.3) is 0 Å². The lowest BCUT2D eigenvalue weighted by molar-refractivity contribution is -0.106. The van der Waals surface area contributed by atoms with E-state index in [0.29, 0.717) is 33.0 Å². The van der Waals surface area contributed by atoms with Crippen LogP contribution in [0.2, 0.25) is 0 Å². The maximum Gasteiger partial charge on any atom is 0.204 e. The Hall–Kier alpha value is -0.730. The molecular formula is C22H52N2O5. The number of amides is 1. The molecule has 4 N–H and O–H groups in total. The molecule has 0 saturated heterocycles. The lowest BCUT2D eigenvalue weighted by Gasteiger charge is -2.06. The van der Waals surface area contributed by atoms with E-state index in [4.69, 9.17) is 29.5 Å². The molecule has 0 aromatic heterocycles. The van der Waals surface area contributed by atoms with E-state index in [2.05, 4.69) is 12.7 Å². The highest BCUT2D eigenvalue weighted by molar-refractivity contribution is 5.42. The van der Waals surface area contributed by atoms with E-state index in [9.17, 15) is 0 Å². The molecule has 29 heavy (non-hydrogen) atoms. The van der Waals surface area contributed by atoms with Gasteiger partial charge in [0, 0.05) is 26.4 Å². The number of rotatable bonds is 19. The Balaban J connectivity index is -0.000000394. The fourth-order valence-corrected chi connectivity index (χ4v) is 1.94. The van der Waals surface area contributed by atoms with Crippen molar-refractivity contribution in [2.45, 2.75) is 79.6 Å². The third-order valence-corrected chi connectivity index (χ3v) is 3.23. The van der Waals surface area contributed by atoms with Crippen LogP contribution < -0.4 is 11.5 Å². The molecule has 0 aromatic carbocycles. The van der Waals surface area contributed by atoms with Crippen molar-refractivity contribution in [1.82, 2.24) is 0 Å². The molecule has 7 nitrogen and oxygen atoms in total. The van der Waals surface area contributed by atoms with Crippen molar-refractivity contribution < 1.29 is 23.7 Å². The third kappa shape index (κ3) is 52.2. The quantitative estimate of drug-likeness (QED) is 0.240. The second-order valence-electron chi connectivity index (χ2n) is 5.50. The number of hydrogen-bond acceptors (Lipinski definition) is 6. The number of hydrogen-bond donors (Lipinski definition) is 2. The summed E-state index contributed by atoms with van der Waals surface area (Å²) in [6.45, 7) is 16.6. The molecular weight excluding hydrogens is 372 g/mol. The Bertz CT molecular complexity index is 215. The van der Waals surface area contributed by atoms with Crippen LogP contribution in [0.4, 0.5) is 0 Å². The second-order valence-corrected chi connectivity index (χ2v) is 5.50. The van der Waals surface area contributed by atoms with Gasteiger partial charge >= 0.3 is 0 Å². The molecule has 0 aliphatic rings. The van der Waals surface area contributed by atoms with E-state index in [1.54, 1.807) is 0 Å². The summed E-state index contributed by atoms with van der Waals surface area (Å²) in [6, 6.07) is 0. The number of primary amides is 1. The summed E-state index contributed by atoms with van der Waals surface area (Å²) < 4.78 is 21.7. The Kier molecular flexibility index (Phi) is 56.4. The van der Waals surface area contributed by atoms with Gasteiger partial charge in [0.05, 0.1) is 33.0 Å². The molecule has 0 unspecified atom stereocenters. The average molecular weight is 425 g/mol. The Morgan fingerprint density at radius 1 is 0.586 bits per heavy atom. The molecule has 0 atom stereocenters. The fourth-order valence-electron chi connectivity index (χ4n) is 1.94. The largest absolute Gasteiger partial charge is 0.379 e. The fraction of sp³-hybridized carbons (Fsp3) is 0.955. The maximum absolute atomic E-state index is 8.58. The first-order valence-electron chi connectivity index (χ1n) is 11.5. The van der Waals surface area contributed by atoms with E-state index in [1.807, 2.05) is 27.7 Å². The predicted molar refractivity (Wildman–Crippen MR) is 123 cm³/mol. The number of ether oxygens (including phenoxy) is 4. The first-order chi connectivity index (χ1) is 14.3. The SMILES string of the molecule is CC.CC.CCCCCCOCCOCCCCCOCCOCCN.NC=O. The van der Waals surface area contributed by atoms with E-state index >= 15 is 0 Å². The van der Waals surface area contributed by atoms with Crippen LogP contribution in [0.5, 0.6) is 0 Å². The minimum absolute atomic E-state index is 0.250. The smallest absolute Gasteiger partial charge is 0.204 e. The molecule has 7 heteroatoms. The van der Waals surface area contributed by atoms with Crippen LogP contribution in [0.3, 0.4) is 0 Å². The number of nitrogens with two attached hydrogens (primary N) is 2. The lowest BCUT2D eigenvalue weighted by atomic mass is 10.2. The molecule has 0 saturated carbocycles. The normalized spacial score (nSPS) is 9.31. The standard InChI is InChI=1S/C17H37NO4.2C2H6.CH3NO/c1-2-3-4-6-10-19-14-15-20-11-7-5-8-12-21-16-17-22-13-9-18;2*1-2;2-1-3/h2-18H2,1H3;2*1-2H3;1H,(H2,2,3). The van der Waals surface area contributed by atoms with Crippen molar-refractivity contribution in [3.05, 3.63) is 0 Å². The van der Waals surface area contributed by atoms with Crippen molar-refractivity contribution in [2.75, 3.05) is 59.4 Å². The minimum Gasteiger partial charge on any atom is -0.379 e. The summed E-state index contributed by atoms with van der Waals surface area (Å²) in [5.41, 5.74) is 9.48. The zero-order valence-corrected chi connectivity index (χ0v) is 20.1. The van der Waals surface area contributed by atoms with Gasteiger partial charge in [0.1, 0.15) is 0 Å². The van der Waals surface area contributed by atoms with Crippen LogP contribution >= 0.6 is 0 Å². The zero-order chi connectivity index (χ0) is 22.8. The van der Waals surface area contributed by atoms with Crippen LogP contribution in [0, 0.1) is 0 Å². The monoisotopic (exact) mass is 424 g/mol. The number of unbranched alkanes of at least 4 members (excludes halogenated alkanes) is 5. The molecule has 0 aromatic rings. The van der Waals surface area contributed by atoms with Gasteiger partial charge in [-0.1, -0.05) is 53.9 Å². The van der Waals surface area contributed by atoms with Gasteiger partial charge in [0.25, 0.3) is 0 Å². The second kappa shape index (κ2) is 45.8. The van der Waals surface area contributed by atoms with Gasteiger partial charge in [0.2, 0.25) is 6.41 Å². The minimum atomic E-state index is 0.250. The van der Waals surface area contributed by atoms with Crippen LogP contribution in [-0.4, -0.2) is 65.8 Å². The number of carbonyl (C=O) groups excluding carboxylic acids is 1. The maximum atomic E-state index is 8.58. The van der Waals surface area contributed by atoms with Gasteiger partial charge in [-0.25, -0.2) is 0 Å². The van der Waals surface area contributed by atoms with E-state index in [-0.39, 0.29) is 6.41 Å². The molecule has 0 aliphatic heterocycles. The highest BCUT2D eigenvalue weighted by Crippen LogP contribution is 1.99. The molecule has 0 radical (unpaired) electrons. The van der Waals surface area contributed by atoms with Gasteiger partial charge in [-0.15, -0.1) is 0 Å². The first kappa shape index (κ1) is 35.7. The van der Waals surface area contributed by atoms with E-state index < -0.39 is 0 Å². The van der Waals surface area contributed by atoms with Crippen molar-refractivity contribution in [1.29, 1.82) is 0 Å². The van der Waals surface area contributed by atoms with Crippen LogP contribution in [0.15, 0.2) is 0 Å². The van der Waals surface area contributed by atoms with Gasteiger partial charge in [0.15, 0.2) is 0 Å². The topological polar surface area (TPSA) is 106 Å². The van der Waals surface area contributed by atoms with Crippen molar-refractivity contribution in [3.8, 4) is 0 Å². The summed E-state index contributed by atoms with van der Waals surface area (Å²) in [7, 11) is 0. The number of carbonyl (C=O) groups is 1. The Morgan fingerprint density at radius 3 is 1.21 bits per heavy atom. The van der Waals surface area contributed by atoms with Gasteiger partial charge < -0.3 is 30.4 Å². The van der Waals surface area contributed by atoms with Crippen molar-refractivity contribution in [3.63, 3.8) is 0 Å². The summed E-state index contributed by atoms with van der Waals surface area (Å²) in [6.07, 6.45) is 8.59. The summed E-state index contributed by atoms with van der Waals surface area (Å²) in [4.78, 5) is 8.58. The summed E-state index contributed by atoms with van der Waals surface area (Å²) >= 11 is 0. The third-order valence-electron chi connectivity index (χ3n) is 3.23.